The first-order valence-corrected chi connectivity index (χ1v) is 7.85. The van der Waals surface area contributed by atoms with Crippen molar-refractivity contribution in [3.63, 3.8) is 0 Å². The van der Waals surface area contributed by atoms with Crippen LogP contribution in [0.3, 0.4) is 0 Å². The maximum atomic E-state index is 11.8. The van der Waals surface area contributed by atoms with Gasteiger partial charge in [0.2, 0.25) is 0 Å². The van der Waals surface area contributed by atoms with Crippen LogP contribution in [0.25, 0.3) is 11.3 Å². The Morgan fingerprint density at radius 3 is 2.46 bits per heavy atom. The van der Waals surface area contributed by atoms with Crippen molar-refractivity contribution in [2.24, 2.45) is 5.84 Å². The summed E-state index contributed by atoms with van der Waals surface area (Å²) in [6.07, 6.45) is 0. The molecule has 0 radical (unpaired) electrons. The molecule has 1 amide bonds. The normalized spacial score (nSPS) is 10.6. The van der Waals surface area contributed by atoms with Crippen LogP contribution in [-0.4, -0.2) is 15.7 Å². The van der Waals surface area contributed by atoms with E-state index in [4.69, 9.17) is 17.4 Å². The third-order valence-electron chi connectivity index (χ3n) is 3.74. The molecule has 0 unspecified atom stereocenters. The third-order valence-corrected chi connectivity index (χ3v) is 3.99. The quantitative estimate of drug-likeness (QED) is 0.435. The summed E-state index contributed by atoms with van der Waals surface area (Å²) in [5.41, 5.74) is 6.43. The van der Waals surface area contributed by atoms with Crippen molar-refractivity contribution in [1.29, 1.82) is 0 Å². The lowest BCUT2D eigenvalue weighted by Gasteiger charge is -2.08. The average Bonchev–Trinajstić information content (AvgIpc) is 3.01. The second-order valence-electron chi connectivity index (χ2n) is 5.54. The Morgan fingerprint density at radius 2 is 1.83 bits per heavy atom. The van der Waals surface area contributed by atoms with Crippen molar-refractivity contribution >= 4 is 17.5 Å². The van der Waals surface area contributed by atoms with Gasteiger partial charge in [0.05, 0.1) is 12.2 Å². The molecule has 3 aromatic rings. The fourth-order valence-corrected chi connectivity index (χ4v) is 2.57. The number of aryl methyl sites for hydroxylation is 1. The van der Waals surface area contributed by atoms with E-state index < -0.39 is 5.91 Å². The van der Waals surface area contributed by atoms with Crippen molar-refractivity contribution in [2.45, 2.75) is 13.5 Å². The predicted molar refractivity (Wildman–Crippen MR) is 94.6 cm³/mol. The highest BCUT2D eigenvalue weighted by atomic mass is 35.5. The highest BCUT2D eigenvalue weighted by Crippen LogP contribution is 2.23. The van der Waals surface area contributed by atoms with E-state index in [2.05, 4.69) is 10.5 Å². The van der Waals surface area contributed by atoms with Crippen LogP contribution in [-0.2, 0) is 6.54 Å². The monoisotopic (exact) mass is 340 g/mol. The Kier molecular flexibility index (Phi) is 4.64. The molecule has 0 aliphatic rings. The van der Waals surface area contributed by atoms with E-state index in [9.17, 15) is 4.79 Å². The summed E-state index contributed by atoms with van der Waals surface area (Å²) >= 11 is 5.96. The topological polar surface area (TPSA) is 72.9 Å². The molecule has 0 saturated heterocycles. The molecule has 3 rings (SSSR count). The van der Waals surface area contributed by atoms with Crippen LogP contribution in [0.1, 0.15) is 21.6 Å². The molecule has 0 fully saturated rings. The van der Waals surface area contributed by atoms with Crippen LogP contribution >= 0.6 is 11.6 Å². The van der Waals surface area contributed by atoms with Gasteiger partial charge in [0.25, 0.3) is 5.91 Å². The lowest BCUT2D eigenvalue weighted by atomic mass is 10.1. The lowest BCUT2D eigenvalue weighted by Crippen LogP contribution is -2.30. The van der Waals surface area contributed by atoms with Gasteiger partial charge in [-0.1, -0.05) is 53.6 Å². The molecule has 1 heterocycles. The number of halogens is 1. The van der Waals surface area contributed by atoms with Gasteiger partial charge in [-0.15, -0.1) is 0 Å². The molecule has 0 saturated carbocycles. The molecule has 0 aliphatic carbocycles. The van der Waals surface area contributed by atoms with E-state index in [0.29, 0.717) is 11.6 Å². The van der Waals surface area contributed by atoms with E-state index in [1.165, 1.54) is 5.56 Å². The fourth-order valence-electron chi connectivity index (χ4n) is 2.44. The Hall–Kier alpha value is -2.63. The molecule has 122 valence electrons. The zero-order valence-corrected chi connectivity index (χ0v) is 13.9. The van der Waals surface area contributed by atoms with E-state index >= 15 is 0 Å². The summed E-state index contributed by atoms with van der Waals surface area (Å²) in [7, 11) is 0. The number of benzene rings is 2. The molecule has 0 aliphatic heterocycles. The zero-order valence-electron chi connectivity index (χ0n) is 13.2. The molecule has 6 heteroatoms. The summed E-state index contributed by atoms with van der Waals surface area (Å²) in [5, 5.41) is 5.04. The first kappa shape index (κ1) is 16.2. The number of aromatic nitrogens is 2. The minimum Gasteiger partial charge on any atom is -0.289 e. The van der Waals surface area contributed by atoms with E-state index in [0.717, 1.165) is 16.8 Å². The molecular formula is C18H17ClN4O. The van der Waals surface area contributed by atoms with E-state index in [-0.39, 0.29) is 5.69 Å². The maximum Gasteiger partial charge on any atom is 0.285 e. The van der Waals surface area contributed by atoms with Crippen molar-refractivity contribution in [3.8, 4) is 11.3 Å². The molecule has 5 nitrogen and oxygen atoms in total. The van der Waals surface area contributed by atoms with Gasteiger partial charge in [-0.3, -0.25) is 14.9 Å². The summed E-state index contributed by atoms with van der Waals surface area (Å²) in [6.45, 7) is 2.59. The molecule has 2 aromatic carbocycles. The number of nitrogens with one attached hydrogen (secondary N) is 1. The molecule has 1 aromatic heterocycles. The third kappa shape index (κ3) is 3.48. The second-order valence-corrected chi connectivity index (χ2v) is 5.97. The Labute approximate surface area is 145 Å². The minimum atomic E-state index is -0.423. The minimum absolute atomic E-state index is 0.273. The highest BCUT2D eigenvalue weighted by molar-refractivity contribution is 6.30. The number of rotatable bonds is 4. The van der Waals surface area contributed by atoms with Crippen LogP contribution in [0, 0.1) is 6.92 Å². The number of nitrogen functional groups attached to an aromatic ring is 1. The number of nitrogens with zero attached hydrogens (tertiary/aromatic N) is 2. The molecule has 0 atom stereocenters. The van der Waals surface area contributed by atoms with Crippen LogP contribution in [0.15, 0.2) is 54.6 Å². The number of amides is 1. The van der Waals surface area contributed by atoms with Crippen molar-refractivity contribution in [2.75, 3.05) is 0 Å². The van der Waals surface area contributed by atoms with Crippen molar-refractivity contribution < 1.29 is 4.79 Å². The van der Waals surface area contributed by atoms with Crippen LogP contribution in [0.4, 0.5) is 0 Å². The van der Waals surface area contributed by atoms with Crippen molar-refractivity contribution in [1.82, 2.24) is 15.2 Å². The SMILES string of the molecule is Cc1ccc(Cn2nc(C(=O)NN)cc2-c2ccc(Cl)cc2)cc1. The number of hydrazine groups is 1. The van der Waals surface area contributed by atoms with Crippen molar-refractivity contribution in [3.05, 3.63) is 76.4 Å². The number of carbonyl (C=O) groups excluding carboxylic acids is 1. The summed E-state index contributed by atoms with van der Waals surface area (Å²) in [6, 6.07) is 17.3. The molecule has 0 bridgehead atoms. The molecule has 0 spiro atoms. The predicted octanol–water partition coefficient (Wildman–Crippen LogP) is 3.16. The number of carbonyl (C=O) groups is 1. The van der Waals surface area contributed by atoms with Gasteiger partial charge in [0.15, 0.2) is 5.69 Å². The maximum absolute atomic E-state index is 11.8. The van der Waals surface area contributed by atoms with Gasteiger partial charge < -0.3 is 0 Å². The first-order valence-electron chi connectivity index (χ1n) is 7.47. The smallest absolute Gasteiger partial charge is 0.285 e. The Balaban J connectivity index is 2.02. The summed E-state index contributed by atoms with van der Waals surface area (Å²) < 4.78 is 1.79. The molecule has 24 heavy (non-hydrogen) atoms. The molecule has 3 N–H and O–H groups in total. The summed E-state index contributed by atoms with van der Waals surface area (Å²) in [4.78, 5) is 11.8. The van der Waals surface area contributed by atoms with Gasteiger partial charge in [0.1, 0.15) is 0 Å². The number of hydrogen-bond acceptors (Lipinski definition) is 3. The molecular weight excluding hydrogens is 324 g/mol. The van der Waals surface area contributed by atoms with Gasteiger partial charge in [-0.2, -0.15) is 5.10 Å². The largest absolute Gasteiger partial charge is 0.289 e. The van der Waals surface area contributed by atoms with Crippen LogP contribution in [0.2, 0.25) is 5.02 Å². The first-order chi connectivity index (χ1) is 11.6. The van der Waals surface area contributed by atoms with E-state index in [1.54, 1.807) is 10.7 Å². The van der Waals surface area contributed by atoms with Gasteiger partial charge >= 0.3 is 0 Å². The number of nitrogens with two attached hydrogens (primary N) is 1. The van der Waals surface area contributed by atoms with Crippen LogP contribution in [0.5, 0.6) is 0 Å². The van der Waals surface area contributed by atoms with Gasteiger partial charge in [-0.05, 0) is 36.2 Å². The second kappa shape index (κ2) is 6.86. The lowest BCUT2D eigenvalue weighted by molar-refractivity contribution is 0.0948. The standard InChI is InChI=1S/C18H17ClN4O/c1-12-2-4-13(5-3-12)11-23-17(10-16(22-23)18(24)21-20)14-6-8-15(19)9-7-14/h2-10H,11,20H2,1H3,(H,21,24). The zero-order chi connectivity index (χ0) is 17.1. The van der Waals surface area contributed by atoms with Gasteiger partial charge in [0, 0.05) is 5.02 Å². The number of hydrogen-bond donors (Lipinski definition) is 2. The average molecular weight is 341 g/mol. The van der Waals surface area contributed by atoms with Gasteiger partial charge in [-0.25, -0.2) is 5.84 Å². The van der Waals surface area contributed by atoms with E-state index in [1.807, 2.05) is 55.5 Å². The Bertz CT molecular complexity index is 854. The summed E-state index contributed by atoms with van der Waals surface area (Å²) in [5.74, 6) is 4.80. The fraction of sp³-hybridized carbons (Fsp3) is 0.111. The highest BCUT2D eigenvalue weighted by Gasteiger charge is 2.15. The van der Waals surface area contributed by atoms with Crippen LogP contribution < -0.4 is 11.3 Å². The Morgan fingerprint density at radius 1 is 1.17 bits per heavy atom.